The summed E-state index contributed by atoms with van der Waals surface area (Å²) in [4.78, 5) is 21.1. The van der Waals surface area contributed by atoms with Crippen molar-refractivity contribution in [2.24, 2.45) is 0 Å². The molecule has 92 valence electrons. The van der Waals surface area contributed by atoms with Gasteiger partial charge >= 0.3 is 11.9 Å². The number of carboxylic acids is 2. The molecule has 4 nitrogen and oxygen atoms in total. The van der Waals surface area contributed by atoms with Gasteiger partial charge in [-0.05, 0) is 29.5 Å². The molecule has 17 heavy (non-hydrogen) atoms. The van der Waals surface area contributed by atoms with Gasteiger partial charge in [0.15, 0.2) is 0 Å². The average Bonchev–Trinajstić information content (AvgIpc) is 2.26. The van der Waals surface area contributed by atoms with Gasteiger partial charge < -0.3 is 10.2 Å². The van der Waals surface area contributed by atoms with E-state index in [1.54, 1.807) is 6.07 Å². The predicted molar refractivity (Wildman–Crippen MR) is 63.1 cm³/mol. The van der Waals surface area contributed by atoms with Crippen LogP contribution in [0.4, 0.5) is 0 Å². The van der Waals surface area contributed by atoms with Gasteiger partial charge in [0.1, 0.15) is 0 Å². The van der Waals surface area contributed by atoms with E-state index in [1.165, 1.54) is 0 Å². The molecule has 0 saturated heterocycles. The first-order valence-corrected chi connectivity index (χ1v) is 5.57. The maximum atomic E-state index is 10.6. The van der Waals surface area contributed by atoms with Crippen LogP contribution in [-0.4, -0.2) is 22.2 Å². The van der Waals surface area contributed by atoms with E-state index < -0.39 is 11.9 Å². The molecule has 0 saturated carbocycles. The molecule has 0 aliphatic rings. The highest BCUT2D eigenvalue weighted by Gasteiger charge is 2.07. The highest BCUT2D eigenvalue weighted by Crippen LogP contribution is 2.15. The van der Waals surface area contributed by atoms with E-state index >= 15 is 0 Å². The predicted octanol–water partition coefficient (Wildman–Crippen LogP) is 1.89. The Morgan fingerprint density at radius 1 is 1.12 bits per heavy atom. The Labute approximate surface area is 99.9 Å². The molecule has 0 heterocycles. The van der Waals surface area contributed by atoms with Crippen LogP contribution in [0.3, 0.4) is 0 Å². The molecule has 0 bridgehead atoms. The van der Waals surface area contributed by atoms with Crippen LogP contribution in [0.25, 0.3) is 0 Å². The standard InChI is InChI=1S/C13H16O4/c1-2-10-7-9(8-13(16)17)3-4-11(10)5-6-12(14)15/h3-4,7H,2,5-6,8H2,1H3,(H,14,15)(H,16,17). The van der Waals surface area contributed by atoms with Gasteiger partial charge in [0.2, 0.25) is 0 Å². The van der Waals surface area contributed by atoms with Gasteiger partial charge in [-0.1, -0.05) is 25.1 Å². The van der Waals surface area contributed by atoms with Crippen LogP contribution >= 0.6 is 0 Å². The van der Waals surface area contributed by atoms with E-state index in [2.05, 4.69) is 0 Å². The summed E-state index contributed by atoms with van der Waals surface area (Å²) in [6, 6.07) is 5.44. The lowest BCUT2D eigenvalue weighted by molar-refractivity contribution is -0.137. The normalized spacial score (nSPS) is 10.2. The van der Waals surface area contributed by atoms with Gasteiger partial charge in [-0.2, -0.15) is 0 Å². The average molecular weight is 236 g/mol. The van der Waals surface area contributed by atoms with Crippen molar-refractivity contribution in [3.63, 3.8) is 0 Å². The SMILES string of the molecule is CCc1cc(CC(=O)O)ccc1CCC(=O)O. The van der Waals surface area contributed by atoms with Crippen LogP contribution in [-0.2, 0) is 28.9 Å². The summed E-state index contributed by atoms with van der Waals surface area (Å²) in [6.45, 7) is 1.98. The monoisotopic (exact) mass is 236 g/mol. The summed E-state index contributed by atoms with van der Waals surface area (Å²) in [6.07, 6.45) is 1.38. The van der Waals surface area contributed by atoms with E-state index in [9.17, 15) is 9.59 Å². The van der Waals surface area contributed by atoms with Crippen molar-refractivity contribution >= 4 is 11.9 Å². The third kappa shape index (κ3) is 4.26. The van der Waals surface area contributed by atoms with Crippen molar-refractivity contribution in [1.29, 1.82) is 0 Å². The van der Waals surface area contributed by atoms with Crippen LogP contribution in [0.2, 0.25) is 0 Å². The highest BCUT2D eigenvalue weighted by molar-refractivity contribution is 5.70. The fraction of sp³-hybridized carbons (Fsp3) is 0.385. The Morgan fingerprint density at radius 3 is 2.35 bits per heavy atom. The van der Waals surface area contributed by atoms with Crippen molar-refractivity contribution in [2.75, 3.05) is 0 Å². The second-order valence-electron chi connectivity index (χ2n) is 3.92. The number of hydrogen-bond donors (Lipinski definition) is 2. The van der Waals surface area contributed by atoms with Crippen molar-refractivity contribution in [1.82, 2.24) is 0 Å². The van der Waals surface area contributed by atoms with Gasteiger partial charge in [-0.3, -0.25) is 9.59 Å². The fourth-order valence-electron chi connectivity index (χ4n) is 1.78. The van der Waals surface area contributed by atoms with E-state index in [-0.39, 0.29) is 12.8 Å². The minimum Gasteiger partial charge on any atom is -0.481 e. The Balaban J connectivity index is 2.85. The zero-order chi connectivity index (χ0) is 12.8. The number of benzene rings is 1. The zero-order valence-electron chi connectivity index (χ0n) is 9.77. The van der Waals surface area contributed by atoms with Gasteiger partial charge in [-0.25, -0.2) is 0 Å². The molecular formula is C13H16O4. The summed E-state index contributed by atoms with van der Waals surface area (Å²) >= 11 is 0. The quantitative estimate of drug-likeness (QED) is 0.791. The smallest absolute Gasteiger partial charge is 0.307 e. The van der Waals surface area contributed by atoms with Crippen molar-refractivity contribution in [3.05, 3.63) is 34.9 Å². The molecule has 0 spiro atoms. The fourth-order valence-corrected chi connectivity index (χ4v) is 1.78. The molecule has 0 fully saturated rings. The second kappa shape index (κ2) is 6.03. The molecule has 1 aromatic carbocycles. The molecule has 2 N–H and O–H groups in total. The maximum absolute atomic E-state index is 10.6. The van der Waals surface area contributed by atoms with Crippen LogP contribution in [0, 0.1) is 0 Å². The molecule has 0 aliphatic heterocycles. The summed E-state index contributed by atoms with van der Waals surface area (Å²) in [5, 5.41) is 17.3. The number of carbonyl (C=O) groups is 2. The lowest BCUT2D eigenvalue weighted by Crippen LogP contribution is -2.04. The van der Waals surface area contributed by atoms with Crippen LogP contribution in [0.1, 0.15) is 30.0 Å². The number of carboxylic acid groups (broad SMARTS) is 2. The van der Waals surface area contributed by atoms with Crippen LogP contribution in [0.5, 0.6) is 0 Å². The molecule has 1 rings (SSSR count). The number of rotatable bonds is 6. The number of aryl methyl sites for hydroxylation is 2. The first-order chi connectivity index (χ1) is 8.02. The Hall–Kier alpha value is -1.84. The Kier molecular flexibility index (Phi) is 4.69. The molecule has 4 heteroatoms. The van der Waals surface area contributed by atoms with E-state index in [4.69, 9.17) is 10.2 Å². The minimum atomic E-state index is -0.856. The van der Waals surface area contributed by atoms with Gasteiger partial charge in [0.05, 0.1) is 6.42 Å². The first kappa shape index (κ1) is 13.2. The topological polar surface area (TPSA) is 74.6 Å². The highest BCUT2D eigenvalue weighted by atomic mass is 16.4. The van der Waals surface area contributed by atoms with E-state index in [0.717, 1.165) is 23.1 Å². The molecular weight excluding hydrogens is 220 g/mol. The molecule has 0 amide bonds. The number of aliphatic carboxylic acids is 2. The third-order valence-electron chi connectivity index (χ3n) is 2.62. The van der Waals surface area contributed by atoms with Gasteiger partial charge in [-0.15, -0.1) is 0 Å². The van der Waals surface area contributed by atoms with Crippen LogP contribution in [0.15, 0.2) is 18.2 Å². The van der Waals surface area contributed by atoms with E-state index in [1.807, 2.05) is 19.1 Å². The Morgan fingerprint density at radius 2 is 1.82 bits per heavy atom. The lowest BCUT2D eigenvalue weighted by Gasteiger charge is -2.08. The summed E-state index contributed by atoms with van der Waals surface area (Å²) in [7, 11) is 0. The van der Waals surface area contributed by atoms with Crippen molar-refractivity contribution in [3.8, 4) is 0 Å². The zero-order valence-corrected chi connectivity index (χ0v) is 9.77. The lowest BCUT2D eigenvalue weighted by atomic mass is 9.97. The van der Waals surface area contributed by atoms with Crippen molar-refractivity contribution in [2.45, 2.75) is 32.6 Å². The molecule has 0 aliphatic carbocycles. The Bertz CT molecular complexity index is 423. The van der Waals surface area contributed by atoms with Crippen molar-refractivity contribution < 1.29 is 19.8 Å². The summed E-state index contributed by atoms with van der Waals surface area (Å²) in [5.41, 5.74) is 2.78. The van der Waals surface area contributed by atoms with Gasteiger partial charge in [0, 0.05) is 6.42 Å². The molecule has 0 radical (unpaired) electrons. The van der Waals surface area contributed by atoms with E-state index in [0.29, 0.717) is 6.42 Å². The molecule has 0 aromatic heterocycles. The molecule has 1 aromatic rings. The maximum Gasteiger partial charge on any atom is 0.307 e. The summed E-state index contributed by atoms with van der Waals surface area (Å²) < 4.78 is 0. The summed E-state index contributed by atoms with van der Waals surface area (Å²) in [5.74, 6) is -1.67. The minimum absolute atomic E-state index is 0.00616. The molecule has 0 unspecified atom stereocenters. The molecule has 0 atom stereocenters. The second-order valence-corrected chi connectivity index (χ2v) is 3.92. The first-order valence-electron chi connectivity index (χ1n) is 5.57. The number of hydrogen-bond acceptors (Lipinski definition) is 2. The third-order valence-corrected chi connectivity index (χ3v) is 2.62. The largest absolute Gasteiger partial charge is 0.481 e. The van der Waals surface area contributed by atoms with Gasteiger partial charge in [0.25, 0.3) is 0 Å². The van der Waals surface area contributed by atoms with Crippen LogP contribution < -0.4 is 0 Å².